The third-order valence-electron chi connectivity index (χ3n) is 3.68. The van der Waals surface area contributed by atoms with Crippen LogP contribution in [0, 0.1) is 17.0 Å². The van der Waals surface area contributed by atoms with Crippen molar-refractivity contribution >= 4 is 34.3 Å². The van der Waals surface area contributed by atoms with Crippen LogP contribution in [0.3, 0.4) is 0 Å². The van der Waals surface area contributed by atoms with E-state index in [1.165, 1.54) is 24.4 Å². The molecule has 0 unspecified atom stereocenters. The molecule has 0 atom stereocenters. The third-order valence-corrected chi connectivity index (χ3v) is 3.68. The summed E-state index contributed by atoms with van der Waals surface area (Å²) >= 11 is 0. The average molecular weight is 366 g/mol. The molecular formula is C18H14N4O5. The van der Waals surface area contributed by atoms with Crippen molar-refractivity contribution < 1.29 is 19.2 Å². The molecule has 0 spiro atoms. The molecule has 0 saturated heterocycles. The average Bonchev–Trinajstić information content (AvgIpc) is 2.67. The van der Waals surface area contributed by atoms with Crippen LogP contribution in [0.15, 0.2) is 48.7 Å². The van der Waals surface area contributed by atoms with Crippen molar-refractivity contribution in [3.8, 4) is 0 Å². The Bertz CT molecular complexity index is 1050. The maximum absolute atomic E-state index is 12.0. The van der Waals surface area contributed by atoms with Crippen LogP contribution in [0.4, 0.5) is 11.4 Å². The van der Waals surface area contributed by atoms with Crippen LogP contribution in [-0.2, 0) is 9.53 Å². The first-order valence-corrected chi connectivity index (χ1v) is 7.88. The Kier molecular flexibility index (Phi) is 5.02. The molecule has 0 aliphatic rings. The number of nitrogens with one attached hydrogen (secondary N) is 1. The molecule has 2 aromatic carbocycles. The van der Waals surface area contributed by atoms with Gasteiger partial charge in [-0.1, -0.05) is 18.2 Å². The van der Waals surface area contributed by atoms with Gasteiger partial charge in [0.05, 0.1) is 22.2 Å². The first kappa shape index (κ1) is 17.9. The number of esters is 1. The maximum Gasteiger partial charge on any atom is 0.359 e. The van der Waals surface area contributed by atoms with Gasteiger partial charge in [-0.3, -0.25) is 19.9 Å². The Balaban J connectivity index is 1.62. The topological polar surface area (TPSA) is 124 Å². The van der Waals surface area contributed by atoms with E-state index in [9.17, 15) is 19.7 Å². The number of carbonyl (C=O) groups is 2. The number of carbonyl (C=O) groups excluding carboxylic acids is 2. The minimum absolute atomic E-state index is 0.0209. The minimum Gasteiger partial charge on any atom is -0.451 e. The van der Waals surface area contributed by atoms with Crippen molar-refractivity contribution in [1.82, 2.24) is 9.97 Å². The van der Waals surface area contributed by atoms with E-state index in [1.54, 1.807) is 31.2 Å². The second-order valence-corrected chi connectivity index (χ2v) is 5.63. The first-order valence-electron chi connectivity index (χ1n) is 7.88. The van der Waals surface area contributed by atoms with Gasteiger partial charge in [0.1, 0.15) is 0 Å². The van der Waals surface area contributed by atoms with Crippen molar-refractivity contribution in [3.63, 3.8) is 0 Å². The number of amides is 1. The van der Waals surface area contributed by atoms with Crippen LogP contribution >= 0.6 is 0 Å². The largest absolute Gasteiger partial charge is 0.451 e. The molecule has 1 aromatic heterocycles. The molecule has 0 bridgehead atoms. The molecule has 0 radical (unpaired) electrons. The normalized spacial score (nSPS) is 10.4. The summed E-state index contributed by atoms with van der Waals surface area (Å²) in [4.78, 5) is 42.6. The van der Waals surface area contributed by atoms with E-state index in [0.29, 0.717) is 16.6 Å². The van der Waals surface area contributed by atoms with Gasteiger partial charge in [0.2, 0.25) is 0 Å². The molecule has 1 amide bonds. The molecule has 3 rings (SSSR count). The first-order chi connectivity index (χ1) is 12.9. The predicted octanol–water partition coefficient (Wildman–Crippen LogP) is 2.64. The molecule has 0 fully saturated rings. The summed E-state index contributed by atoms with van der Waals surface area (Å²) in [6.45, 7) is 1.03. The van der Waals surface area contributed by atoms with Crippen LogP contribution in [0.1, 0.15) is 16.1 Å². The number of anilines is 1. The van der Waals surface area contributed by atoms with Gasteiger partial charge in [0.15, 0.2) is 12.3 Å². The monoisotopic (exact) mass is 366 g/mol. The number of fused-ring (bicyclic) bond motifs is 1. The van der Waals surface area contributed by atoms with Gasteiger partial charge in [-0.25, -0.2) is 9.78 Å². The second-order valence-electron chi connectivity index (χ2n) is 5.63. The Morgan fingerprint density at radius 1 is 1.19 bits per heavy atom. The van der Waals surface area contributed by atoms with E-state index >= 15 is 0 Å². The highest BCUT2D eigenvalue weighted by Crippen LogP contribution is 2.22. The fourth-order valence-corrected chi connectivity index (χ4v) is 2.34. The Morgan fingerprint density at radius 3 is 2.67 bits per heavy atom. The molecule has 0 aliphatic heterocycles. The Morgan fingerprint density at radius 2 is 1.93 bits per heavy atom. The number of nitro groups is 1. The highest BCUT2D eigenvalue weighted by Gasteiger charge is 2.15. The highest BCUT2D eigenvalue weighted by molar-refractivity contribution is 5.95. The molecule has 136 valence electrons. The van der Waals surface area contributed by atoms with E-state index in [2.05, 4.69) is 15.3 Å². The summed E-state index contributed by atoms with van der Waals surface area (Å²) in [5, 5.41) is 13.4. The fourth-order valence-electron chi connectivity index (χ4n) is 2.34. The van der Waals surface area contributed by atoms with E-state index < -0.39 is 23.4 Å². The standard InChI is InChI=1S/C18H14N4O5/c1-11-6-7-12(8-16(11)22(25)26)20-17(23)10-27-18(24)15-9-19-13-4-2-3-5-14(13)21-15/h2-9H,10H2,1H3,(H,20,23). The molecule has 3 aromatic rings. The van der Waals surface area contributed by atoms with E-state index in [0.717, 1.165) is 0 Å². The van der Waals surface area contributed by atoms with E-state index in [-0.39, 0.29) is 17.1 Å². The smallest absolute Gasteiger partial charge is 0.359 e. The number of hydrogen-bond donors (Lipinski definition) is 1. The number of aryl methyl sites for hydroxylation is 1. The summed E-state index contributed by atoms with van der Waals surface area (Å²) in [5.41, 5.74) is 1.73. The van der Waals surface area contributed by atoms with Crippen molar-refractivity contribution in [2.24, 2.45) is 0 Å². The number of nitro benzene ring substituents is 1. The zero-order valence-corrected chi connectivity index (χ0v) is 14.2. The summed E-state index contributed by atoms with van der Waals surface area (Å²) in [6, 6.07) is 11.3. The molecular weight excluding hydrogens is 352 g/mol. The molecule has 0 saturated carbocycles. The second kappa shape index (κ2) is 7.56. The van der Waals surface area contributed by atoms with Crippen LogP contribution in [0.5, 0.6) is 0 Å². The van der Waals surface area contributed by atoms with Crippen molar-refractivity contribution in [2.75, 3.05) is 11.9 Å². The van der Waals surface area contributed by atoms with Gasteiger partial charge in [-0.05, 0) is 25.1 Å². The lowest BCUT2D eigenvalue weighted by molar-refractivity contribution is -0.385. The number of rotatable bonds is 5. The summed E-state index contributed by atoms with van der Waals surface area (Å²) in [5.74, 6) is -1.42. The molecule has 9 nitrogen and oxygen atoms in total. The van der Waals surface area contributed by atoms with Crippen LogP contribution in [-0.4, -0.2) is 33.4 Å². The van der Waals surface area contributed by atoms with Gasteiger partial charge in [-0.2, -0.15) is 0 Å². The number of nitrogens with zero attached hydrogens (tertiary/aromatic N) is 3. The zero-order valence-electron chi connectivity index (χ0n) is 14.2. The quantitative estimate of drug-likeness (QED) is 0.418. The van der Waals surface area contributed by atoms with Gasteiger partial charge in [0.25, 0.3) is 11.6 Å². The number of aromatic nitrogens is 2. The molecule has 1 heterocycles. The van der Waals surface area contributed by atoms with Crippen molar-refractivity contribution in [1.29, 1.82) is 0 Å². The van der Waals surface area contributed by atoms with Crippen LogP contribution in [0.2, 0.25) is 0 Å². The highest BCUT2D eigenvalue weighted by atomic mass is 16.6. The van der Waals surface area contributed by atoms with Gasteiger partial charge in [0, 0.05) is 17.3 Å². The maximum atomic E-state index is 12.0. The predicted molar refractivity (Wildman–Crippen MR) is 96.3 cm³/mol. The zero-order chi connectivity index (χ0) is 19.4. The summed E-state index contributed by atoms with van der Waals surface area (Å²) < 4.78 is 4.93. The van der Waals surface area contributed by atoms with Crippen molar-refractivity contribution in [3.05, 3.63) is 70.0 Å². The fraction of sp³-hybridized carbons (Fsp3) is 0.111. The Labute approximate surface area is 153 Å². The molecule has 9 heteroatoms. The lowest BCUT2D eigenvalue weighted by Gasteiger charge is -2.07. The molecule has 0 aliphatic carbocycles. The lowest BCUT2D eigenvalue weighted by atomic mass is 10.2. The molecule has 27 heavy (non-hydrogen) atoms. The molecule has 1 N–H and O–H groups in total. The van der Waals surface area contributed by atoms with Gasteiger partial charge < -0.3 is 10.1 Å². The van der Waals surface area contributed by atoms with Gasteiger partial charge >= 0.3 is 5.97 Å². The van der Waals surface area contributed by atoms with Crippen LogP contribution in [0.25, 0.3) is 11.0 Å². The number of benzene rings is 2. The SMILES string of the molecule is Cc1ccc(NC(=O)COC(=O)c2cnc3ccccc3n2)cc1[N+](=O)[O-]. The lowest BCUT2D eigenvalue weighted by Crippen LogP contribution is -2.21. The third kappa shape index (κ3) is 4.21. The van der Waals surface area contributed by atoms with Crippen molar-refractivity contribution in [2.45, 2.75) is 6.92 Å². The number of para-hydroxylation sites is 2. The minimum atomic E-state index is -0.793. The van der Waals surface area contributed by atoms with E-state index in [1.807, 2.05) is 0 Å². The summed E-state index contributed by atoms with van der Waals surface area (Å²) in [7, 11) is 0. The Hall–Kier alpha value is -3.88. The van der Waals surface area contributed by atoms with Gasteiger partial charge in [-0.15, -0.1) is 0 Å². The number of ether oxygens (including phenoxy) is 1. The number of hydrogen-bond acceptors (Lipinski definition) is 7. The summed E-state index contributed by atoms with van der Waals surface area (Å²) in [6.07, 6.45) is 1.27. The van der Waals surface area contributed by atoms with E-state index in [4.69, 9.17) is 4.74 Å². The van der Waals surface area contributed by atoms with Crippen LogP contribution < -0.4 is 5.32 Å².